The number of hydrogen-bond donors (Lipinski definition) is 4. The fourth-order valence-corrected chi connectivity index (χ4v) is 4.21. The monoisotopic (exact) mass is 491 g/mol. The highest BCUT2D eigenvalue weighted by Crippen LogP contribution is 2.36. The van der Waals surface area contributed by atoms with Crippen molar-refractivity contribution in [1.82, 2.24) is 4.98 Å². The highest BCUT2D eigenvalue weighted by atomic mass is 16.3. The van der Waals surface area contributed by atoms with Crippen LogP contribution in [0.25, 0.3) is 22.1 Å². The number of nitrogens with one attached hydrogen (secondary N) is 2. The van der Waals surface area contributed by atoms with Gasteiger partial charge in [-0.3, -0.25) is 4.79 Å². The molecule has 37 heavy (non-hydrogen) atoms. The van der Waals surface area contributed by atoms with Crippen molar-refractivity contribution in [2.75, 3.05) is 16.4 Å². The summed E-state index contributed by atoms with van der Waals surface area (Å²) in [5.74, 6) is -0.0989. The zero-order valence-corrected chi connectivity index (χ0v) is 20.1. The molecule has 8 nitrogen and oxygen atoms in total. The van der Waals surface area contributed by atoms with Crippen LogP contribution in [0.3, 0.4) is 0 Å². The van der Waals surface area contributed by atoms with E-state index in [-0.39, 0.29) is 6.03 Å². The van der Waals surface area contributed by atoms with Crippen LogP contribution in [0.15, 0.2) is 89.7 Å². The van der Waals surface area contributed by atoms with E-state index >= 15 is 0 Å². The third kappa shape index (κ3) is 5.13. The van der Waals surface area contributed by atoms with Crippen LogP contribution in [0.5, 0.6) is 0 Å². The van der Waals surface area contributed by atoms with Crippen molar-refractivity contribution in [3.8, 4) is 11.1 Å². The zero-order chi connectivity index (χ0) is 25.9. The molecule has 0 atom stereocenters. The van der Waals surface area contributed by atoms with Gasteiger partial charge in [0, 0.05) is 40.7 Å². The molecule has 2 aromatic heterocycles. The number of furan rings is 1. The first-order valence-electron chi connectivity index (χ1n) is 11.7. The third-order valence-electron chi connectivity index (χ3n) is 6.06. The molecule has 8 heteroatoms. The first-order valence-corrected chi connectivity index (χ1v) is 11.7. The molecular formula is C29H25N5O3. The number of urea groups is 1. The highest BCUT2D eigenvalue weighted by molar-refractivity contribution is 6.03. The summed E-state index contributed by atoms with van der Waals surface area (Å²) < 4.78 is 5.95. The van der Waals surface area contributed by atoms with Gasteiger partial charge in [-0.05, 0) is 60.0 Å². The Labute approximate surface area is 213 Å². The van der Waals surface area contributed by atoms with Gasteiger partial charge in [0.2, 0.25) is 5.91 Å². The molecule has 0 aliphatic heterocycles. The van der Waals surface area contributed by atoms with Crippen molar-refractivity contribution in [3.05, 3.63) is 108 Å². The van der Waals surface area contributed by atoms with Crippen molar-refractivity contribution in [2.24, 2.45) is 5.73 Å². The number of rotatable bonds is 6. The number of hydrogen-bond acceptors (Lipinski definition) is 5. The Balaban J connectivity index is 1.35. The maximum absolute atomic E-state index is 12.4. The van der Waals surface area contributed by atoms with E-state index in [1.54, 1.807) is 24.6 Å². The Hall–Kier alpha value is -5.11. The maximum atomic E-state index is 12.4. The van der Waals surface area contributed by atoms with Gasteiger partial charge in [0.15, 0.2) is 0 Å². The van der Waals surface area contributed by atoms with Crippen LogP contribution in [0, 0.1) is 6.92 Å². The van der Waals surface area contributed by atoms with E-state index in [4.69, 9.17) is 15.9 Å². The van der Waals surface area contributed by atoms with Crippen LogP contribution in [0.4, 0.5) is 22.0 Å². The molecule has 5 rings (SSSR count). The van der Waals surface area contributed by atoms with Crippen LogP contribution in [-0.4, -0.2) is 16.9 Å². The van der Waals surface area contributed by atoms with Crippen LogP contribution in [0.1, 0.15) is 27.0 Å². The van der Waals surface area contributed by atoms with Crippen molar-refractivity contribution in [1.29, 1.82) is 0 Å². The number of nitrogens with two attached hydrogens (primary N) is 2. The molecule has 6 N–H and O–H groups in total. The van der Waals surface area contributed by atoms with Crippen LogP contribution >= 0.6 is 0 Å². The van der Waals surface area contributed by atoms with Gasteiger partial charge in [-0.1, -0.05) is 36.4 Å². The molecule has 0 bridgehead atoms. The smallest absolute Gasteiger partial charge is 0.323 e. The second kappa shape index (κ2) is 9.87. The summed E-state index contributed by atoms with van der Waals surface area (Å²) in [6.45, 7) is 1.97. The minimum Gasteiger partial charge on any atom is -0.463 e. The summed E-state index contributed by atoms with van der Waals surface area (Å²) in [5, 5.41) is 6.39. The fraction of sp³-hybridized carbons (Fsp3) is 0.0690. The molecule has 0 fully saturated rings. The summed E-state index contributed by atoms with van der Waals surface area (Å²) in [4.78, 5) is 28.1. The molecule has 0 unspecified atom stereocenters. The Morgan fingerprint density at radius 2 is 1.68 bits per heavy atom. The number of pyridine rings is 1. The van der Waals surface area contributed by atoms with Gasteiger partial charge in [0.05, 0.1) is 11.6 Å². The Morgan fingerprint density at radius 1 is 0.946 bits per heavy atom. The van der Waals surface area contributed by atoms with Crippen molar-refractivity contribution < 1.29 is 14.0 Å². The molecule has 0 saturated heterocycles. The number of benzene rings is 3. The predicted octanol–water partition coefficient (Wildman–Crippen LogP) is 5.72. The van der Waals surface area contributed by atoms with Crippen molar-refractivity contribution in [3.63, 3.8) is 0 Å². The summed E-state index contributed by atoms with van der Waals surface area (Å²) in [6, 6.07) is 21.8. The number of primary amides is 1. The summed E-state index contributed by atoms with van der Waals surface area (Å²) in [6.07, 6.45) is 3.91. The number of aromatic nitrogens is 1. The molecule has 5 aromatic rings. The van der Waals surface area contributed by atoms with Gasteiger partial charge in [0.25, 0.3) is 0 Å². The number of nitrogen functional groups attached to an aromatic ring is 1. The number of fused-ring (bicyclic) bond motifs is 1. The summed E-state index contributed by atoms with van der Waals surface area (Å²) in [7, 11) is 0. The second-order valence-corrected chi connectivity index (χ2v) is 8.79. The van der Waals surface area contributed by atoms with E-state index in [9.17, 15) is 9.59 Å². The lowest BCUT2D eigenvalue weighted by Gasteiger charge is -2.09. The van der Waals surface area contributed by atoms with Gasteiger partial charge in [-0.25, -0.2) is 9.78 Å². The zero-order valence-electron chi connectivity index (χ0n) is 20.1. The lowest BCUT2D eigenvalue weighted by atomic mass is 10.0. The van der Waals surface area contributed by atoms with E-state index in [0.717, 1.165) is 38.9 Å². The van der Waals surface area contributed by atoms with E-state index in [2.05, 4.69) is 15.6 Å². The molecule has 2 heterocycles. The Bertz CT molecular complexity index is 1610. The Morgan fingerprint density at radius 3 is 2.38 bits per heavy atom. The minimum atomic E-state index is -0.466. The van der Waals surface area contributed by atoms with E-state index < -0.39 is 5.91 Å². The molecule has 3 amide bonds. The molecule has 184 valence electrons. The normalized spacial score (nSPS) is 10.8. The number of anilines is 3. The first kappa shape index (κ1) is 23.6. The molecular weight excluding hydrogens is 466 g/mol. The van der Waals surface area contributed by atoms with Gasteiger partial charge >= 0.3 is 6.03 Å². The lowest BCUT2D eigenvalue weighted by molar-refractivity contribution is 0.1000. The maximum Gasteiger partial charge on any atom is 0.323 e. The number of aryl methyl sites for hydroxylation is 1. The number of nitrogens with zero attached hydrogens (tertiary/aromatic N) is 1. The minimum absolute atomic E-state index is 0.325. The van der Waals surface area contributed by atoms with Crippen LogP contribution < -0.4 is 22.1 Å². The van der Waals surface area contributed by atoms with E-state index in [1.165, 1.54) is 0 Å². The molecule has 3 aromatic carbocycles. The summed E-state index contributed by atoms with van der Waals surface area (Å²) in [5.41, 5.74) is 18.7. The average Bonchev–Trinajstić information content (AvgIpc) is 3.33. The van der Waals surface area contributed by atoms with Gasteiger partial charge in [-0.15, -0.1) is 0 Å². The van der Waals surface area contributed by atoms with Gasteiger partial charge in [-0.2, -0.15) is 0 Å². The van der Waals surface area contributed by atoms with Crippen LogP contribution in [0.2, 0.25) is 0 Å². The summed E-state index contributed by atoms with van der Waals surface area (Å²) >= 11 is 0. The average molecular weight is 492 g/mol. The standard InChI is InChI=1S/C29H25N5O3/c1-17-3-2-4-23(13-17)34-29(36)33-22-11-9-19(10-12-22)24-16-37-26-21(15-32-27(30)25(24)26)14-18-5-7-20(8-6-18)28(31)35/h2-13,15-16H,14H2,1H3,(H2,30,32)(H2,31,35)(H2,33,34,36). The predicted molar refractivity (Wildman–Crippen MR) is 145 cm³/mol. The second-order valence-electron chi connectivity index (χ2n) is 8.79. The van der Waals surface area contributed by atoms with Gasteiger partial charge in [0.1, 0.15) is 11.4 Å². The number of carbonyl (C=O) groups excluding carboxylic acids is 2. The first-order chi connectivity index (χ1) is 17.9. The molecule has 0 spiro atoms. The van der Waals surface area contributed by atoms with Crippen LogP contribution in [-0.2, 0) is 6.42 Å². The quantitative estimate of drug-likeness (QED) is 0.241. The number of carbonyl (C=O) groups is 2. The highest BCUT2D eigenvalue weighted by Gasteiger charge is 2.16. The topological polar surface area (TPSA) is 136 Å². The largest absolute Gasteiger partial charge is 0.463 e. The molecule has 0 saturated carbocycles. The lowest BCUT2D eigenvalue weighted by Crippen LogP contribution is -2.19. The SMILES string of the molecule is Cc1cccc(NC(=O)Nc2ccc(-c3coc4c(Cc5ccc(C(N)=O)cc5)cnc(N)c34)cc2)c1. The molecule has 0 aliphatic rings. The van der Waals surface area contributed by atoms with Gasteiger partial charge < -0.3 is 26.5 Å². The third-order valence-corrected chi connectivity index (χ3v) is 6.06. The van der Waals surface area contributed by atoms with Crippen molar-refractivity contribution in [2.45, 2.75) is 13.3 Å². The molecule has 0 radical (unpaired) electrons. The van der Waals surface area contributed by atoms with E-state index in [0.29, 0.717) is 29.1 Å². The van der Waals surface area contributed by atoms with Crippen molar-refractivity contribution >= 4 is 40.1 Å². The molecule has 0 aliphatic carbocycles. The number of amides is 3. The Kier molecular flexibility index (Phi) is 6.30. The van der Waals surface area contributed by atoms with E-state index in [1.807, 2.05) is 67.6 Å². The fourth-order valence-electron chi connectivity index (χ4n) is 4.21.